The van der Waals surface area contributed by atoms with Gasteiger partial charge in [-0.25, -0.2) is 4.79 Å². The number of hydrogen-bond donors (Lipinski definition) is 3. The van der Waals surface area contributed by atoms with Crippen molar-refractivity contribution in [1.82, 2.24) is 5.32 Å². The van der Waals surface area contributed by atoms with Crippen molar-refractivity contribution in [3.8, 4) is 0 Å². The van der Waals surface area contributed by atoms with Gasteiger partial charge in [0.15, 0.2) is 0 Å². The minimum atomic E-state index is -0.385. The third-order valence-electron chi connectivity index (χ3n) is 2.38. The van der Waals surface area contributed by atoms with Gasteiger partial charge in [-0.05, 0) is 24.6 Å². The molecule has 1 rings (SSSR count). The van der Waals surface area contributed by atoms with Crippen LogP contribution in [0.15, 0.2) is 30.9 Å². The molecular weight excluding hydrogens is 278 g/mol. The molecule has 3 N–H and O–H groups in total. The lowest BCUT2D eigenvalue weighted by molar-refractivity contribution is -0.116. The Bertz CT molecular complexity index is 503. The minimum Gasteiger partial charge on any atom is -0.334 e. The quantitative estimate of drug-likeness (QED) is 0.704. The van der Waals surface area contributed by atoms with Crippen LogP contribution in [0, 0.1) is 0 Å². The summed E-state index contributed by atoms with van der Waals surface area (Å²) in [6, 6.07) is 4.53. The summed E-state index contributed by atoms with van der Waals surface area (Å²) >= 11 is 6.00. The minimum absolute atomic E-state index is 0.0723. The van der Waals surface area contributed by atoms with Crippen LogP contribution in [0.2, 0.25) is 5.02 Å². The highest BCUT2D eigenvalue weighted by Gasteiger charge is 2.07. The van der Waals surface area contributed by atoms with Crippen molar-refractivity contribution in [3.63, 3.8) is 0 Å². The van der Waals surface area contributed by atoms with E-state index in [-0.39, 0.29) is 11.9 Å². The van der Waals surface area contributed by atoms with Crippen molar-refractivity contribution in [3.05, 3.63) is 35.9 Å². The summed E-state index contributed by atoms with van der Waals surface area (Å²) in [6.45, 7) is 5.79. The molecule has 6 heteroatoms. The van der Waals surface area contributed by atoms with Crippen molar-refractivity contribution in [1.29, 1.82) is 0 Å². The van der Waals surface area contributed by atoms with Gasteiger partial charge >= 0.3 is 6.03 Å². The molecule has 1 aromatic rings. The van der Waals surface area contributed by atoms with Gasteiger partial charge in [0.05, 0.1) is 10.7 Å². The number of rotatable bonds is 6. The first-order valence-electron chi connectivity index (χ1n) is 6.32. The van der Waals surface area contributed by atoms with Crippen LogP contribution in [0.4, 0.5) is 16.2 Å². The van der Waals surface area contributed by atoms with Crippen molar-refractivity contribution in [2.24, 2.45) is 0 Å². The molecule has 0 aromatic heterocycles. The SMILES string of the molecule is C=CCNC(=O)Nc1cc(NC(=O)CCC)ccc1Cl. The molecular formula is C14H18ClN3O2. The average Bonchev–Trinajstić information content (AvgIpc) is 2.40. The zero-order valence-electron chi connectivity index (χ0n) is 11.3. The van der Waals surface area contributed by atoms with Crippen LogP contribution in [-0.4, -0.2) is 18.5 Å². The van der Waals surface area contributed by atoms with Crippen LogP contribution in [-0.2, 0) is 4.79 Å². The monoisotopic (exact) mass is 295 g/mol. The first-order valence-corrected chi connectivity index (χ1v) is 6.69. The molecule has 0 aliphatic carbocycles. The smallest absolute Gasteiger partial charge is 0.319 e. The van der Waals surface area contributed by atoms with E-state index in [0.717, 1.165) is 6.42 Å². The third kappa shape index (κ3) is 5.32. The number of carbonyl (C=O) groups excluding carboxylic acids is 2. The van der Waals surface area contributed by atoms with E-state index >= 15 is 0 Å². The Kier molecular flexibility index (Phi) is 6.59. The summed E-state index contributed by atoms with van der Waals surface area (Å²) in [4.78, 5) is 23.1. The van der Waals surface area contributed by atoms with Gasteiger partial charge in [0.25, 0.3) is 0 Å². The van der Waals surface area contributed by atoms with Gasteiger partial charge in [-0.1, -0.05) is 24.6 Å². The van der Waals surface area contributed by atoms with E-state index in [9.17, 15) is 9.59 Å². The number of hydrogen-bond acceptors (Lipinski definition) is 2. The predicted octanol–water partition coefficient (Wildman–Crippen LogP) is 3.39. The highest BCUT2D eigenvalue weighted by atomic mass is 35.5. The van der Waals surface area contributed by atoms with E-state index in [0.29, 0.717) is 29.4 Å². The molecule has 0 spiro atoms. The summed E-state index contributed by atoms with van der Waals surface area (Å²) in [5, 5.41) is 8.32. The molecule has 0 saturated heterocycles. The topological polar surface area (TPSA) is 70.2 Å². The average molecular weight is 296 g/mol. The third-order valence-corrected chi connectivity index (χ3v) is 2.71. The molecule has 0 fully saturated rings. The maximum absolute atomic E-state index is 11.5. The van der Waals surface area contributed by atoms with Gasteiger partial charge in [0.2, 0.25) is 5.91 Å². The Labute approximate surface area is 123 Å². The molecule has 0 heterocycles. The van der Waals surface area contributed by atoms with Crippen LogP contribution in [0.5, 0.6) is 0 Å². The van der Waals surface area contributed by atoms with Crippen molar-refractivity contribution in [2.75, 3.05) is 17.2 Å². The van der Waals surface area contributed by atoms with Crippen molar-refractivity contribution in [2.45, 2.75) is 19.8 Å². The van der Waals surface area contributed by atoms with Crippen LogP contribution < -0.4 is 16.0 Å². The lowest BCUT2D eigenvalue weighted by Crippen LogP contribution is -2.28. The van der Waals surface area contributed by atoms with E-state index in [1.807, 2.05) is 6.92 Å². The fraction of sp³-hybridized carbons (Fsp3) is 0.286. The standard InChI is InChI=1S/C14H18ClN3O2/c1-3-5-13(19)17-10-6-7-11(15)12(9-10)18-14(20)16-8-4-2/h4,6-7,9H,2-3,5,8H2,1H3,(H,17,19)(H2,16,18,20). The van der Waals surface area contributed by atoms with Gasteiger partial charge < -0.3 is 16.0 Å². The van der Waals surface area contributed by atoms with E-state index < -0.39 is 0 Å². The number of carbonyl (C=O) groups is 2. The van der Waals surface area contributed by atoms with Gasteiger partial charge in [0.1, 0.15) is 0 Å². The second-order valence-electron chi connectivity index (χ2n) is 4.12. The lowest BCUT2D eigenvalue weighted by Gasteiger charge is -2.10. The summed E-state index contributed by atoms with van der Waals surface area (Å²) < 4.78 is 0. The molecule has 1 aromatic carbocycles. The highest BCUT2D eigenvalue weighted by molar-refractivity contribution is 6.33. The number of amides is 3. The van der Waals surface area contributed by atoms with Crippen LogP contribution >= 0.6 is 11.6 Å². The highest BCUT2D eigenvalue weighted by Crippen LogP contribution is 2.25. The zero-order chi connectivity index (χ0) is 15.0. The normalized spacial score (nSPS) is 9.70. The van der Waals surface area contributed by atoms with E-state index in [1.54, 1.807) is 24.3 Å². The van der Waals surface area contributed by atoms with E-state index in [1.165, 1.54) is 0 Å². The Morgan fingerprint density at radius 2 is 2.10 bits per heavy atom. The van der Waals surface area contributed by atoms with Crippen molar-refractivity contribution >= 4 is 34.9 Å². The number of benzene rings is 1. The molecule has 0 aliphatic heterocycles. The molecule has 0 unspecified atom stereocenters. The second kappa shape index (κ2) is 8.22. The predicted molar refractivity (Wildman–Crippen MR) is 82.2 cm³/mol. The van der Waals surface area contributed by atoms with Crippen LogP contribution in [0.1, 0.15) is 19.8 Å². The molecule has 3 amide bonds. The first-order chi connectivity index (χ1) is 9.56. The molecule has 0 bridgehead atoms. The zero-order valence-corrected chi connectivity index (χ0v) is 12.1. The number of anilines is 2. The Hall–Kier alpha value is -2.01. The maximum atomic E-state index is 11.5. The van der Waals surface area contributed by atoms with E-state index in [2.05, 4.69) is 22.5 Å². The molecule has 20 heavy (non-hydrogen) atoms. The lowest BCUT2D eigenvalue weighted by atomic mass is 10.2. The summed E-state index contributed by atoms with van der Waals surface area (Å²) in [5.41, 5.74) is 1.02. The number of nitrogens with one attached hydrogen (secondary N) is 3. The fourth-order valence-corrected chi connectivity index (χ4v) is 1.65. The maximum Gasteiger partial charge on any atom is 0.319 e. The fourth-order valence-electron chi connectivity index (χ4n) is 1.48. The Morgan fingerprint density at radius 3 is 2.75 bits per heavy atom. The molecule has 108 valence electrons. The molecule has 0 saturated carbocycles. The number of urea groups is 1. The Balaban J connectivity index is 2.73. The summed E-state index contributed by atoms with van der Waals surface area (Å²) in [6.07, 6.45) is 2.79. The van der Waals surface area contributed by atoms with E-state index in [4.69, 9.17) is 11.6 Å². The molecule has 0 radical (unpaired) electrons. The van der Waals surface area contributed by atoms with Gasteiger partial charge in [-0.2, -0.15) is 0 Å². The summed E-state index contributed by atoms with van der Waals surface area (Å²) in [5.74, 6) is -0.0723. The van der Waals surface area contributed by atoms with Crippen molar-refractivity contribution < 1.29 is 9.59 Å². The molecule has 0 aliphatic rings. The van der Waals surface area contributed by atoms with Crippen LogP contribution in [0.3, 0.4) is 0 Å². The number of halogens is 1. The van der Waals surface area contributed by atoms with Crippen LogP contribution in [0.25, 0.3) is 0 Å². The molecule has 5 nitrogen and oxygen atoms in total. The second-order valence-corrected chi connectivity index (χ2v) is 4.52. The van der Waals surface area contributed by atoms with Gasteiger partial charge in [0, 0.05) is 18.7 Å². The van der Waals surface area contributed by atoms with Gasteiger partial charge in [-0.3, -0.25) is 4.79 Å². The largest absolute Gasteiger partial charge is 0.334 e. The Morgan fingerprint density at radius 1 is 1.35 bits per heavy atom. The summed E-state index contributed by atoms with van der Waals surface area (Å²) in [7, 11) is 0. The molecule has 0 atom stereocenters. The first kappa shape index (κ1) is 16.0. The van der Waals surface area contributed by atoms with Gasteiger partial charge in [-0.15, -0.1) is 6.58 Å².